The van der Waals surface area contributed by atoms with E-state index in [0.29, 0.717) is 42.4 Å². The number of benzene rings is 3. The predicted octanol–water partition coefficient (Wildman–Crippen LogP) is 6.43. The van der Waals surface area contributed by atoms with Gasteiger partial charge in [0.15, 0.2) is 0 Å². The highest BCUT2D eigenvalue weighted by Crippen LogP contribution is 2.36. The van der Waals surface area contributed by atoms with E-state index < -0.39 is 24.3 Å². The molecule has 16 heteroatoms. The zero-order valence-electron chi connectivity index (χ0n) is 39.2. The third-order valence-corrected chi connectivity index (χ3v) is 12.9. The summed E-state index contributed by atoms with van der Waals surface area (Å²) in [5.41, 5.74) is 6.81. The summed E-state index contributed by atoms with van der Waals surface area (Å²) in [5, 5.41) is 5.42. The molecule has 68 heavy (non-hydrogen) atoms. The number of carbonyl (C=O) groups excluding carboxylic acids is 4. The molecule has 16 nitrogen and oxygen atoms in total. The molecule has 3 aromatic carbocycles. The number of alkyl carbamates (subject to hydrolysis) is 2. The van der Waals surface area contributed by atoms with Crippen LogP contribution >= 0.6 is 0 Å². The monoisotopic (exact) mass is 918 g/mol. The van der Waals surface area contributed by atoms with Crippen molar-refractivity contribution in [3.63, 3.8) is 0 Å². The highest BCUT2D eigenvalue weighted by Gasteiger charge is 2.39. The van der Waals surface area contributed by atoms with Crippen LogP contribution in [-0.2, 0) is 19.1 Å². The highest BCUT2D eigenvalue weighted by atomic mass is 16.5. The first-order chi connectivity index (χ1) is 33.0. The van der Waals surface area contributed by atoms with Crippen LogP contribution in [0.25, 0.3) is 22.4 Å². The zero-order valence-corrected chi connectivity index (χ0v) is 39.2. The number of likely N-dealkylation sites (tertiary alicyclic amines) is 2. The van der Waals surface area contributed by atoms with E-state index in [2.05, 4.69) is 96.4 Å². The van der Waals surface area contributed by atoms with E-state index in [4.69, 9.17) is 14.5 Å². The summed E-state index contributed by atoms with van der Waals surface area (Å²) in [7, 11) is 4.71. The number of H-pyrrole nitrogens is 2. The molecule has 0 unspecified atom stereocenters. The molecule has 5 aromatic rings. The number of aromatic amines is 2. The van der Waals surface area contributed by atoms with Crippen LogP contribution in [0, 0.1) is 29.6 Å². The largest absolute Gasteiger partial charge is 0.453 e. The number of imidazole rings is 2. The number of carbonyl (C=O) groups is 4. The molecule has 8 rings (SSSR count). The zero-order chi connectivity index (χ0) is 47.7. The molecule has 3 aliphatic rings. The molecule has 0 saturated carbocycles. The van der Waals surface area contributed by atoms with E-state index in [9.17, 15) is 19.2 Å². The van der Waals surface area contributed by atoms with Crippen molar-refractivity contribution < 1.29 is 28.7 Å². The van der Waals surface area contributed by atoms with Crippen molar-refractivity contribution >= 4 is 29.7 Å². The molecule has 0 radical (unpaired) electrons. The van der Waals surface area contributed by atoms with Gasteiger partial charge in [0.1, 0.15) is 29.4 Å². The summed E-state index contributed by atoms with van der Waals surface area (Å²) < 4.78 is 9.65. The number of likely N-dealkylation sites (N-methyl/N-ethyl adjacent to an activating group) is 1. The van der Waals surface area contributed by atoms with E-state index in [1.54, 1.807) is 34.3 Å². The first-order valence-electron chi connectivity index (χ1n) is 23.2. The number of rotatable bonds is 11. The van der Waals surface area contributed by atoms with Crippen molar-refractivity contribution in [1.29, 1.82) is 0 Å². The van der Waals surface area contributed by atoms with Gasteiger partial charge in [-0.1, -0.05) is 68.3 Å². The topological polar surface area (TPSA) is 181 Å². The van der Waals surface area contributed by atoms with E-state index in [1.165, 1.54) is 19.9 Å². The highest BCUT2D eigenvalue weighted by molar-refractivity contribution is 5.88. The van der Waals surface area contributed by atoms with Crippen LogP contribution in [0.4, 0.5) is 15.3 Å². The van der Waals surface area contributed by atoms with Gasteiger partial charge >= 0.3 is 12.2 Å². The molecule has 4 atom stereocenters. The van der Waals surface area contributed by atoms with Gasteiger partial charge < -0.3 is 49.7 Å². The van der Waals surface area contributed by atoms with Crippen LogP contribution in [0.15, 0.2) is 85.2 Å². The minimum absolute atomic E-state index is 0.138. The van der Waals surface area contributed by atoms with Crippen LogP contribution in [0.1, 0.15) is 86.1 Å². The van der Waals surface area contributed by atoms with Gasteiger partial charge in [0.25, 0.3) is 5.91 Å². The smallest absolute Gasteiger partial charge is 0.407 e. The normalized spacial score (nSPS) is 17.9. The second-order valence-corrected chi connectivity index (χ2v) is 17.7. The lowest BCUT2D eigenvalue weighted by Gasteiger charge is -2.34. The fraction of sp³-hybridized carbons (Fsp3) is 0.385. The average molecular weight is 919 g/mol. The average Bonchev–Trinajstić information content (AvgIpc) is 4.22. The molecule has 2 aromatic heterocycles. The Hall–Kier alpha value is -7.56. The molecule has 3 aliphatic heterocycles. The Balaban J connectivity index is 1.03. The van der Waals surface area contributed by atoms with Crippen LogP contribution in [0.5, 0.6) is 0 Å². The molecule has 352 valence electrons. The fourth-order valence-corrected chi connectivity index (χ4v) is 9.18. The number of hydrogen-bond acceptors (Lipinski definition) is 10. The fourth-order valence-electron chi connectivity index (χ4n) is 9.18. The van der Waals surface area contributed by atoms with Gasteiger partial charge in [0.05, 0.1) is 44.4 Å². The lowest BCUT2D eigenvalue weighted by Crippen LogP contribution is -2.51. The number of nitrogens with one attached hydrogen (secondary N) is 4. The third kappa shape index (κ3) is 10.7. The number of piperazine rings is 1. The minimum Gasteiger partial charge on any atom is -0.453 e. The molecular formula is C52H58N10O6. The summed E-state index contributed by atoms with van der Waals surface area (Å²) in [4.78, 5) is 76.7. The van der Waals surface area contributed by atoms with Crippen LogP contribution in [0.3, 0.4) is 0 Å². The Kier molecular flexibility index (Phi) is 14.8. The maximum Gasteiger partial charge on any atom is 0.407 e. The van der Waals surface area contributed by atoms with Crippen molar-refractivity contribution in [2.24, 2.45) is 5.92 Å². The van der Waals surface area contributed by atoms with Crippen LogP contribution in [-0.4, -0.2) is 125 Å². The molecule has 3 saturated heterocycles. The minimum atomic E-state index is -0.915. The number of methoxy groups -OCH3 is 2. The summed E-state index contributed by atoms with van der Waals surface area (Å²) >= 11 is 0. The number of amides is 4. The first kappa shape index (κ1) is 47.0. The molecule has 0 bridgehead atoms. The van der Waals surface area contributed by atoms with Crippen molar-refractivity contribution in [2.75, 3.05) is 65.4 Å². The summed E-state index contributed by atoms with van der Waals surface area (Å²) in [6.45, 7) is 8.82. The Bertz CT molecular complexity index is 2720. The molecule has 4 N–H and O–H groups in total. The molecule has 3 fully saturated rings. The third-order valence-electron chi connectivity index (χ3n) is 12.9. The second-order valence-electron chi connectivity index (χ2n) is 17.7. The Morgan fingerprint density at radius 1 is 0.706 bits per heavy atom. The maximum absolute atomic E-state index is 14.0. The van der Waals surface area contributed by atoms with Gasteiger partial charge in [-0.25, -0.2) is 19.6 Å². The van der Waals surface area contributed by atoms with E-state index in [-0.39, 0.29) is 29.8 Å². The van der Waals surface area contributed by atoms with E-state index >= 15 is 0 Å². The van der Waals surface area contributed by atoms with Gasteiger partial charge in [-0.3, -0.25) is 9.59 Å². The number of aromatic nitrogens is 4. The van der Waals surface area contributed by atoms with Gasteiger partial charge in [-0.2, -0.15) is 0 Å². The molecule has 5 heterocycles. The number of hydrogen-bond donors (Lipinski definition) is 4. The first-order valence-corrected chi connectivity index (χ1v) is 23.2. The van der Waals surface area contributed by atoms with Crippen molar-refractivity contribution in [3.05, 3.63) is 114 Å². The summed E-state index contributed by atoms with van der Waals surface area (Å²) in [6.07, 6.45) is 5.16. The Morgan fingerprint density at radius 3 is 2.00 bits per heavy atom. The Labute approximate surface area is 397 Å². The van der Waals surface area contributed by atoms with Gasteiger partial charge in [0.2, 0.25) is 5.91 Å². The molecular weight excluding hydrogens is 861 g/mol. The van der Waals surface area contributed by atoms with Crippen LogP contribution in [0.2, 0.25) is 0 Å². The van der Waals surface area contributed by atoms with Crippen molar-refractivity contribution in [3.8, 4) is 46.1 Å². The van der Waals surface area contributed by atoms with Gasteiger partial charge in [-0.15, -0.1) is 0 Å². The lowest BCUT2D eigenvalue weighted by atomic mass is 9.96. The molecule has 0 aliphatic carbocycles. The quantitative estimate of drug-likeness (QED) is 0.108. The molecule has 4 amide bonds. The Morgan fingerprint density at radius 2 is 1.32 bits per heavy atom. The molecule has 0 spiro atoms. The maximum atomic E-state index is 14.0. The lowest BCUT2D eigenvalue weighted by molar-refractivity contribution is -0.135. The predicted molar refractivity (Wildman–Crippen MR) is 258 cm³/mol. The standard InChI is InChI=1S/C52H58N10O6/c1-34(2)45(57-51(65)67-4)49(63)61-25-12-18-44(61)48-54-33-42(56-48)38-20-19-35(41(31-38)36-21-23-40(24-22-36)60-29-27-59(3)28-30-60)13-9-10-16-39-32-53-47(55-39)43-17-11-26-62(43)50(64)46(58-52(66)68-5)37-14-7-6-8-15-37/h6-8,14-15,19-24,31-34,43-46H,11-12,17-18,25-30H2,1-5H3,(H,53,55)(H,54,56)(H,57,65)(H,58,66)/t43-,44-,45-,46+/m0/s1. The SMILES string of the molecule is COC(=O)N[C@H](C(=O)N1CCC[C@H]1c1ncc(-c2ccc(C#CC#Cc3cnc([C@@H]4CCCN4C(=O)[C@H](NC(=O)OC)c4ccccc4)[nH]3)c(-c3ccc(N4CCN(C)CC4)cc3)c2)[nH]1)C(C)C. The van der Waals surface area contributed by atoms with Crippen molar-refractivity contribution in [2.45, 2.75) is 63.7 Å². The second kappa shape index (κ2) is 21.4. The van der Waals surface area contributed by atoms with E-state index in [0.717, 1.165) is 73.4 Å². The van der Waals surface area contributed by atoms with Crippen LogP contribution < -0.4 is 15.5 Å². The summed E-state index contributed by atoms with van der Waals surface area (Å²) in [6, 6.07) is 21.6. The summed E-state index contributed by atoms with van der Waals surface area (Å²) in [5.74, 6) is 13.2. The number of anilines is 1. The number of ether oxygens (including phenoxy) is 2. The van der Waals surface area contributed by atoms with Gasteiger partial charge in [-0.05, 0) is 97.4 Å². The van der Waals surface area contributed by atoms with Gasteiger partial charge in [0, 0.05) is 56.1 Å². The van der Waals surface area contributed by atoms with Crippen molar-refractivity contribution in [1.82, 2.24) is 45.3 Å². The van der Waals surface area contributed by atoms with E-state index in [1.807, 2.05) is 44.2 Å². The number of nitrogens with zero attached hydrogens (tertiary/aromatic N) is 6.